The van der Waals surface area contributed by atoms with Crippen LogP contribution in [0.1, 0.15) is 0 Å². The number of carbonyl (C=O) groups excluding carboxylic acids is 1. The molecular weight excluding hydrogens is 309 g/mol. The average molecular weight is 322 g/mol. The number of aromatic nitrogens is 1. The fourth-order valence-electron chi connectivity index (χ4n) is 2.03. The highest BCUT2D eigenvalue weighted by Gasteiger charge is 2.33. The van der Waals surface area contributed by atoms with Gasteiger partial charge in [0.05, 0.1) is 13.1 Å². The first-order valence-electron chi connectivity index (χ1n) is 6.70. The van der Waals surface area contributed by atoms with Crippen molar-refractivity contribution in [2.24, 2.45) is 0 Å². The van der Waals surface area contributed by atoms with E-state index in [1.54, 1.807) is 23.2 Å². The summed E-state index contributed by atoms with van der Waals surface area (Å²) in [5.74, 6) is 0.0235. The van der Waals surface area contributed by atoms with Crippen LogP contribution >= 0.6 is 11.6 Å². The van der Waals surface area contributed by atoms with E-state index in [1.165, 1.54) is 24.3 Å². The minimum Gasteiger partial charge on any atom is -0.470 e. The van der Waals surface area contributed by atoms with E-state index in [1.807, 2.05) is 0 Å². The lowest BCUT2D eigenvalue weighted by Gasteiger charge is -2.38. The van der Waals surface area contributed by atoms with E-state index in [9.17, 15) is 9.18 Å². The van der Waals surface area contributed by atoms with Gasteiger partial charge in [0.15, 0.2) is 0 Å². The molecule has 0 aliphatic carbocycles. The van der Waals surface area contributed by atoms with Crippen molar-refractivity contribution in [3.05, 3.63) is 53.4 Å². The summed E-state index contributed by atoms with van der Waals surface area (Å²) in [6, 6.07) is 8.77. The molecule has 22 heavy (non-hydrogen) atoms. The van der Waals surface area contributed by atoms with E-state index >= 15 is 0 Å². The molecule has 2 heterocycles. The Bertz CT molecular complexity index is 675. The van der Waals surface area contributed by atoms with Crippen molar-refractivity contribution in [1.82, 2.24) is 9.88 Å². The molecule has 1 aliphatic heterocycles. The Morgan fingerprint density at radius 3 is 2.73 bits per heavy atom. The van der Waals surface area contributed by atoms with Crippen molar-refractivity contribution in [1.29, 1.82) is 0 Å². The van der Waals surface area contributed by atoms with Crippen molar-refractivity contribution < 1.29 is 13.9 Å². The maximum atomic E-state index is 12.8. The molecule has 114 valence electrons. The van der Waals surface area contributed by atoms with Gasteiger partial charge in [0, 0.05) is 11.9 Å². The van der Waals surface area contributed by atoms with Crippen LogP contribution in [0.25, 0.3) is 0 Å². The number of benzene rings is 1. The Balaban J connectivity index is 1.49. The van der Waals surface area contributed by atoms with E-state index in [-0.39, 0.29) is 18.0 Å². The summed E-state index contributed by atoms with van der Waals surface area (Å²) in [6.07, 6.45) is 1.46. The Morgan fingerprint density at radius 2 is 2.05 bits per heavy atom. The first kappa shape index (κ1) is 14.6. The van der Waals surface area contributed by atoms with Gasteiger partial charge in [-0.25, -0.2) is 14.2 Å². The number of nitrogens with one attached hydrogen (secondary N) is 1. The number of likely N-dealkylation sites (tertiary alicyclic amines) is 1. The molecule has 0 atom stereocenters. The lowest BCUT2D eigenvalue weighted by Crippen LogP contribution is -2.57. The molecule has 2 aromatic rings. The highest BCUT2D eigenvalue weighted by Crippen LogP contribution is 2.24. The van der Waals surface area contributed by atoms with Crippen molar-refractivity contribution in [2.45, 2.75) is 6.10 Å². The second-order valence-electron chi connectivity index (χ2n) is 4.87. The molecule has 5 nitrogen and oxygen atoms in total. The zero-order valence-corrected chi connectivity index (χ0v) is 12.3. The second-order valence-corrected chi connectivity index (χ2v) is 5.28. The Morgan fingerprint density at radius 1 is 1.32 bits per heavy atom. The molecule has 1 aromatic heterocycles. The van der Waals surface area contributed by atoms with E-state index in [2.05, 4.69) is 10.3 Å². The van der Waals surface area contributed by atoms with E-state index in [0.29, 0.717) is 29.7 Å². The van der Waals surface area contributed by atoms with Gasteiger partial charge in [-0.1, -0.05) is 11.6 Å². The maximum absolute atomic E-state index is 12.8. The normalized spacial score (nSPS) is 14.4. The molecule has 7 heteroatoms. The first-order chi connectivity index (χ1) is 10.6. The van der Waals surface area contributed by atoms with Crippen LogP contribution in [0.4, 0.5) is 14.9 Å². The molecule has 0 saturated carbocycles. The van der Waals surface area contributed by atoms with Crippen molar-refractivity contribution >= 4 is 23.3 Å². The minimum absolute atomic E-state index is 0.133. The Kier molecular flexibility index (Phi) is 4.11. The van der Waals surface area contributed by atoms with Gasteiger partial charge in [-0.2, -0.15) is 0 Å². The summed E-state index contributed by atoms with van der Waals surface area (Å²) < 4.78 is 18.4. The number of halogens is 2. The Labute approximate surface area is 131 Å². The van der Waals surface area contributed by atoms with Gasteiger partial charge in [0.2, 0.25) is 5.88 Å². The zero-order chi connectivity index (χ0) is 15.5. The minimum atomic E-state index is -0.345. The van der Waals surface area contributed by atoms with Crippen LogP contribution in [-0.4, -0.2) is 35.1 Å². The molecule has 0 bridgehead atoms. The van der Waals surface area contributed by atoms with Crippen molar-refractivity contribution in [2.75, 3.05) is 18.4 Å². The molecule has 0 unspecified atom stereocenters. The second kappa shape index (κ2) is 6.19. The number of pyridine rings is 1. The quantitative estimate of drug-likeness (QED) is 0.944. The summed E-state index contributed by atoms with van der Waals surface area (Å²) in [6.45, 7) is 0.889. The number of anilines is 1. The van der Waals surface area contributed by atoms with Crippen LogP contribution in [0.5, 0.6) is 5.88 Å². The van der Waals surface area contributed by atoms with E-state index in [4.69, 9.17) is 16.3 Å². The van der Waals surface area contributed by atoms with Crippen molar-refractivity contribution in [3.63, 3.8) is 0 Å². The molecule has 2 amide bonds. The summed E-state index contributed by atoms with van der Waals surface area (Å²) in [7, 11) is 0. The fraction of sp³-hybridized carbons (Fsp3) is 0.200. The lowest BCUT2D eigenvalue weighted by molar-refractivity contribution is 0.0462. The van der Waals surface area contributed by atoms with E-state index in [0.717, 1.165) is 0 Å². The van der Waals surface area contributed by atoms with Crippen LogP contribution in [0, 0.1) is 5.82 Å². The molecule has 1 saturated heterocycles. The number of amides is 2. The van der Waals surface area contributed by atoms with Crippen molar-refractivity contribution in [3.8, 4) is 5.88 Å². The number of urea groups is 1. The van der Waals surface area contributed by atoms with Crippen LogP contribution in [0.15, 0.2) is 42.6 Å². The van der Waals surface area contributed by atoms with Gasteiger partial charge >= 0.3 is 6.03 Å². The van der Waals surface area contributed by atoms with Gasteiger partial charge in [0.1, 0.15) is 16.9 Å². The van der Waals surface area contributed by atoms with Gasteiger partial charge in [0.25, 0.3) is 0 Å². The largest absolute Gasteiger partial charge is 0.470 e. The smallest absolute Gasteiger partial charge is 0.322 e. The summed E-state index contributed by atoms with van der Waals surface area (Å²) in [4.78, 5) is 17.6. The molecule has 3 rings (SSSR count). The third-order valence-electron chi connectivity index (χ3n) is 3.23. The van der Waals surface area contributed by atoms with Crippen LogP contribution < -0.4 is 10.1 Å². The molecule has 1 fully saturated rings. The highest BCUT2D eigenvalue weighted by atomic mass is 35.5. The summed E-state index contributed by atoms with van der Waals surface area (Å²) >= 11 is 5.96. The van der Waals surface area contributed by atoms with Gasteiger partial charge in [-0.15, -0.1) is 0 Å². The van der Waals surface area contributed by atoms with Crippen LogP contribution in [0.3, 0.4) is 0 Å². The standard InChI is InChI=1S/C15H13ClFN3O2/c16-13-2-1-7-18-14(13)22-12-8-20(9-12)15(21)19-11-5-3-10(17)4-6-11/h1-7,12H,8-9H2,(H,19,21). The third-order valence-corrected chi connectivity index (χ3v) is 3.52. The summed E-state index contributed by atoms with van der Waals surface area (Å²) in [5, 5.41) is 3.13. The van der Waals surface area contributed by atoms with Gasteiger partial charge in [-0.05, 0) is 36.4 Å². The topological polar surface area (TPSA) is 54.5 Å². The number of hydrogen-bond acceptors (Lipinski definition) is 3. The highest BCUT2D eigenvalue weighted by molar-refractivity contribution is 6.31. The third kappa shape index (κ3) is 3.28. The first-order valence-corrected chi connectivity index (χ1v) is 7.08. The number of carbonyl (C=O) groups is 1. The van der Waals surface area contributed by atoms with Crippen LogP contribution in [-0.2, 0) is 0 Å². The molecule has 0 radical (unpaired) electrons. The number of rotatable bonds is 3. The average Bonchev–Trinajstić information content (AvgIpc) is 2.46. The van der Waals surface area contributed by atoms with E-state index < -0.39 is 0 Å². The van der Waals surface area contributed by atoms with Gasteiger partial charge < -0.3 is 15.0 Å². The predicted molar refractivity (Wildman–Crippen MR) is 80.7 cm³/mol. The number of hydrogen-bond donors (Lipinski definition) is 1. The monoisotopic (exact) mass is 321 g/mol. The molecule has 0 spiro atoms. The molecular formula is C15H13ClFN3O2. The Hall–Kier alpha value is -2.34. The predicted octanol–water partition coefficient (Wildman–Crippen LogP) is 3.17. The molecule has 1 N–H and O–H groups in total. The zero-order valence-electron chi connectivity index (χ0n) is 11.5. The molecule has 1 aliphatic rings. The fourth-order valence-corrected chi connectivity index (χ4v) is 2.20. The van der Waals surface area contributed by atoms with Gasteiger partial charge in [-0.3, -0.25) is 0 Å². The maximum Gasteiger partial charge on any atom is 0.322 e. The lowest BCUT2D eigenvalue weighted by atomic mass is 10.2. The SMILES string of the molecule is O=C(Nc1ccc(F)cc1)N1CC(Oc2ncccc2Cl)C1. The summed E-state index contributed by atoms with van der Waals surface area (Å²) in [5.41, 5.74) is 0.545. The van der Waals surface area contributed by atoms with Crippen LogP contribution in [0.2, 0.25) is 5.02 Å². The number of ether oxygens (including phenoxy) is 1. The number of nitrogens with zero attached hydrogens (tertiary/aromatic N) is 2. The molecule has 1 aromatic carbocycles.